The fraction of sp³-hybridized carbons (Fsp3) is 0.368. The highest BCUT2D eigenvalue weighted by Gasteiger charge is 2.33. The Morgan fingerprint density at radius 2 is 2.00 bits per heavy atom. The molecule has 4 rings (SSSR count). The van der Waals surface area contributed by atoms with Gasteiger partial charge in [-0.3, -0.25) is 4.79 Å². The Morgan fingerprint density at radius 1 is 1.20 bits per heavy atom. The van der Waals surface area contributed by atoms with Crippen molar-refractivity contribution in [1.82, 2.24) is 24.3 Å². The Morgan fingerprint density at radius 3 is 2.76 bits per heavy atom. The van der Waals surface area contributed by atoms with E-state index in [0.717, 1.165) is 36.3 Å². The zero-order valence-electron chi connectivity index (χ0n) is 14.3. The number of likely N-dealkylation sites (tertiary alicyclic amines) is 1. The second kappa shape index (κ2) is 6.63. The van der Waals surface area contributed by atoms with Crippen molar-refractivity contribution in [3.8, 4) is 0 Å². The van der Waals surface area contributed by atoms with Crippen LogP contribution in [0.5, 0.6) is 0 Å². The number of aryl methyl sites for hydroxylation is 2. The van der Waals surface area contributed by atoms with Crippen LogP contribution < -0.4 is 0 Å². The van der Waals surface area contributed by atoms with E-state index in [1.807, 2.05) is 11.2 Å². The molecule has 1 fully saturated rings. The van der Waals surface area contributed by atoms with E-state index >= 15 is 0 Å². The lowest BCUT2D eigenvalue weighted by Crippen LogP contribution is -2.48. The van der Waals surface area contributed by atoms with Crippen LogP contribution in [0, 0.1) is 0 Å². The van der Waals surface area contributed by atoms with Crippen molar-refractivity contribution >= 4 is 11.4 Å². The standard InChI is InChI=1S/C19H21N5O/c1-2-14-3-5-17-19(22-13-24(17)9-14)16-10-23(11-16)18(25)6-4-15-7-20-12-21-8-15/h3,5,7-9,12-13,16H,2,4,6,10-11H2,1H3. The molecule has 0 spiro atoms. The smallest absolute Gasteiger partial charge is 0.222 e. The van der Waals surface area contributed by atoms with Gasteiger partial charge in [0.05, 0.1) is 17.5 Å². The van der Waals surface area contributed by atoms with E-state index in [-0.39, 0.29) is 5.91 Å². The van der Waals surface area contributed by atoms with E-state index in [1.165, 1.54) is 11.9 Å². The molecule has 1 aliphatic heterocycles. The van der Waals surface area contributed by atoms with E-state index in [1.54, 1.807) is 12.4 Å². The fourth-order valence-electron chi connectivity index (χ4n) is 3.31. The van der Waals surface area contributed by atoms with Gasteiger partial charge >= 0.3 is 0 Å². The summed E-state index contributed by atoms with van der Waals surface area (Å²) in [5.74, 6) is 0.526. The van der Waals surface area contributed by atoms with Crippen molar-refractivity contribution in [2.45, 2.75) is 32.1 Å². The highest BCUT2D eigenvalue weighted by molar-refractivity contribution is 5.77. The van der Waals surface area contributed by atoms with Gasteiger partial charge in [-0.25, -0.2) is 15.0 Å². The quantitative estimate of drug-likeness (QED) is 0.717. The highest BCUT2D eigenvalue weighted by atomic mass is 16.2. The molecule has 25 heavy (non-hydrogen) atoms. The first kappa shape index (κ1) is 15.7. The molecule has 0 bridgehead atoms. The molecule has 1 saturated heterocycles. The van der Waals surface area contributed by atoms with Gasteiger partial charge in [-0.15, -0.1) is 0 Å². The molecular formula is C19H21N5O. The first-order chi connectivity index (χ1) is 12.2. The third-order valence-electron chi connectivity index (χ3n) is 4.89. The van der Waals surface area contributed by atoms with Gasteiger partial charge < -0.3 is 9.30 Å². The molecule has 4 heterocycles. The van der Waals surface area contributed by atoms with Crippen LogP contribution >= 0.6 is 0 Å². The maximum atomic E-state index is 12.3. The van der Waals surface area contributed by atoms with Crippen LogP contribution in [0.4, 0.5) is 0 Å². The number of carbonyl (C=O) groups excluding carboxylic acids is 1. The van der Waals surface area contributed by atoms with E-state index in [9.17, 15) is 4.79 Å². The van der Waals surface area contributed by atoms with Gasteiger partial charge in [0.25, 0.3) is 0 Å². The van der Waals surface area contributed by atoms with Crippen molar-refractivity contribution in [1.29, 1.82) is 0 Å². The third kappa shape index (κ3) is 3.12. The molecule has 0 atom stereocenters. The van der Waals surface area contributed by atoms with Crippen LogP contribution in [0.3, 0.4) is 0 Å². The average molecular weight is 335 g/mol. The second-order valence-electron chi connectivity index (χ2n) is 6.56. The number of hydrogen-bond acceptors (Lipinski definition) is 4. The van der Waals surface area contributed by atoms with E-state index < -0.39 is 0 Å². The molecule has 128 valence electrons. The Bertz CT molecular complexity index is 883. The Kier molecular flexibility index (Phi) is 4.17. The average Bonchev–Trinajstić information content (AvgIpc) is 3.02. The minimum absolute atomic E-state index is 0.192. The molecule has 0 N–H and O–H groups in total. The van der Waals surface area contributed by atoms with Crippen LogP contribution in [0.1, 0.15) is 36.1 Å². The number of amides is 1. The van der Waals surface area contributed by atoms with Crippen LogP contribution in [0.15, 0.2) is 43.4 Å². The monoisotopic (exact) mass is 335 g/mol. The summed E-state index contributed by atoms with van der Waals surface area (Å²) in [6, 6.07) is 4.30. The highest BCUT2D eigenvalue weighted by Crippen LogP contribution is 2.29. The minimum atomic E-state index is 0.192. The van der Waals surface area contributed by atoms with Crippen LogP contribution in [-0.4, -0.2) is 43.2 Å². The summed E-state index contributed by atoms with van der Waals surface area (Å²) in [6.07, 6.45) is 11.3. The molecule has 0 aliphatic carbocycles. The van der Waals surface area contributed by atoms with Crippen molar-refractivity contribution in [3.05, 3.63) is 60.2 Å². The molecule has 0 saturated carbocycles. The van der Waals surface area contributed by atoms with Gasteiger partial charge in [-0.05, 0) is 30.0 Å². The maximum Gasteiger partial charge on any atom is 0.222 e. The van der Waals surface area contributed by atoms with Gasteiger partial charge in [-0.1, -0.05) is 13.0 Å². The molecule has 6 heteroatoms. The summed E-state index contributed by atoms with van der Waals surface area (Å²) in [7, 11) is 0. The van der Waals surface area contributed by atoms with Gasteiger partial charge in [0, 0.05) is 44.0 Å². The summed E-state index contributed by atoms with van der Waals surface area (Å²) in [5, 5.41) is 0. The predicted molar refractivity (Wildman–Crippen MR) is 94.2 cm³/mol. The molecule has 0 radical (unpaired) electrons. The molecule has 1 aliphatic rings. The molecular weight excluding hydrogens is 314 g/mol. The number of imidazole rings is 1. The summed E-state index contributed by atoms with van der Waals surface area (Å²) in [5.41, 5.74) is 4.55. The van der Waals surface area contributed by atoms with Gasteiger partial charge in [0.1, 0.15) is 6.33 Å². The Hall–Kier alpha value is -2.76. The van der Waals surface area contributed by atoms with Gasteiger partial charge in [0.15, 0.2) is 0 Å². The van der Waals surface area contributed by atoms with E-state index in [0.29, 0.717) is 18.8 Å². The number of aromatic nitrogens is 4. The van der Waals surface area contributed by atoms with Crippen molar-refractivity contribution in [3.63, 3.8) is 0 Å². The first-order valence-corrected chi connectivity index (χ1v) is 8.71. The molecule has 3 aromatic rings. The van der Waals surface area contributed by atoms with Crippen molar-refractivity contribution < 1.29 is 4.79 Å². The topological polar surface area (TPSA) is 63.4 Å². The van der Waals surface area contributed by atoms with Gasteiger partial charge in [0.2, 0.25) is 5.91 Å². The molecule has 0 aromatic carbocycles. The number of rotatable bonds is 5. The first-order valence-electron chi connectivity index (χ1n) is 8.71. The zero-order valence-corrected chi connectivity index (χ0v) is 14.3. The number of pyridine rings is 1. The van der Waals surface area contributed by atoms with Crippen LogP contribution in [0.2, 0.25) is 0 Å². The molecule has 6 nitrogen and oxygen atoms in total. The fourth-order valence-corrected chi connectivity index (χ4v) is 3.31. The SMILES string of the molecule is CCc1ccc2c(C3CN(C(=O)CCc4cncnc4)C3)ncn2c1. The lowest BCUT2D eigenvalue weighted by Gasteiger charge is -2.38. The van der Waals surface area contributed by atoms with E-state index in [4.69, 9.17) is 0 Å². The number of carbonyl (C=O) groups is 1. The lowest BCUT2D eigenvalue weighted by molar-refractivity contribution is -0.135. The zero-order chi connectivity index (χ0) is 17.2. The summed E-state index contributed by atoms with van der Waals surface area (Å²) < 4.78 is 2.09. The largest absolute Gasteiger partial charge is 0.341 e. The Labute approximate surface area is 146 Å². The third-order valence-corrected chi connectivity index (χ3v) is 4.89. The van der Waals surface area contributed by atoms with Gasteiger partial charge in [-0.2, -0.15) is 0 Å². The van der Waals surface area contributed by atoms with Crippen molar-refractivity contribution in [2.75, 3.05) is 13.1 Å². The normalized spacial score (nSPS) is 14.7. The molecule has 0 unspecified atom stereocenters. The maximum absolute atomic E-state index is 12.3. The number of hydrogen-bond donors (Lipinski definition) is 0. The minimum Gasteiger partial charge on any atom is -0.341 e. The van der Waals surface area contributed by atoms with E-state index in [2.05, 4.69) is 44.6 Å². The Balaban J connectivity index is 1.36. The van der Waals surface area contributed by atoms with Crippen LogP contribution in [0.25, 0.3) is 5.52 Å². The number of fused-ring (bicyclic) bond motifs is 1. The summed E-state index contributed by atoms with van der Waals surface area (Å²) in [4.78, 5) is 26.8. The van der Waals surface area contributed by atoms with Crippen molar-refractivity contribution in [2.24, 2.45) is 0 Å². The van der Waals surface area contributed by atoms with Crippen LogP contribution in [-0.2, 0) is 17.6 Å². The summed E-state index contributed by atoms with van der Waals surface area (Å²) >= 11 is 0. The second-order valence-corrected chi connectivity index (χ2v) is 6.56. The lowest BCUT2D eigenvalue weighted by atomic mass is 9.94. The number of nitrogens with zero attached hydrogens (tertiary/aromatic N) is 5. The molecule has 3 aromatic heterocycles. The predicted octanol–water partition coefficient (Wildman–Crippen LogP) is 2.25. The summed E-state index contributed by atoms with van der Waals surface area (Å²) in [6.45, 7) is 3.66. The molecule has 1 amide bonds.